The van der Waals surface area contributed by atoms with E-state index in [0.29, 0.717) is 0 Å². The van der Waals surface area contributed by atoms with E-state index in [1.165, 1.54) is 19.3 Å². The second-order valence-corrected chi connectivity index (χ2v) is 7.51. The highest BCUT2D eigenvalue weighted by atomic mass is 35.5. The maximum Gasteiger partial charge on any atom is 0.128 e. The first-order valence-corrected chi connectivity index (χ1v) is 8.41. The fourth-order valence-corrected chi connectivity index (χ4v) is 2.91. The van der Waals surface area contributed by atoms with E-state index in [4.69, 9.17) is 11.6 Å². The van der Waals surface area contributed by atoms with Gasteiger partial charge in [0.05, 0.1) is 5.02 Å². The molecular formula is C17H28ClN3. The van der Waals surface area contributed by atoms with Crippen LogP contribution in [0.1, 0.15) is 52.5 Å². The minimum absolute atomic E-state index is 0.0885. The fraction of sp³-hybridized carbons (Fsp3) is 0.706. The number of hydrogen-bond donors (Lipinski definition) is 1. The summed E-state index contributed by atoms with van der Waals surface area (Å²) < 4.78 is 0. The van der Waals surface area contributed by atoms with Gasteiger partial charge in [0.15, 0.2) is 0 Å². The van der Waals surface area contributed by atoms with Gasteiger partial charge in [0.25, 0.3) is 0 Å². The average Bonchev–Trinajstić information content (AvgIpc) is 2.45. The number of anilines is 1. The quantitative estimate of drug-likeness (QED) is 0.901. The molecule has 0 amide bonds. The van der Waals surface area contributed by atoms with Crippen LogP contribution < -0.4 is 10.2 Å². The Bertz CT molecular complexity index is 468. The maximum atomic E-state index is 6.30. The molecule has 4 heteroatoms. The van der Waals surface area contributed by atoms with Crippen LogP contribution in [0.25, 0.3) is 0 Å². The molecule has 3 nitrogen and oxygen atoms in total. The van der Waals surface area contributed by atoms with E-state index in [1.807, 2.05) is 0 Å². The van der Waals surface area contributed by atoms with Gasteiger partial charge in [-0.2, -0.15) is 0 Å². The zero-order chi connectivity index (χ0) is 15.5. The molecule has 118 valence electrons. The van der Waals surface area contributed by atoms with Crippen molar-refractivity contribution in [1.82, 2.24) is 10.3 Å². The second kappa shape index (κ2) is 6.97. The number of halogens is 1. The molecule has 0 aliphatic carbocycles. The van der Waals surface area contributed by atoms with Crippen LogP contribution in [0.15, 0.2) is 12.3 Å². The third-order valence-electron chi connectivity index (χ3n) is 4.15. The van der Waals surface area contributed by atoms with Crippen molar-refractivity contribution in [2.45, 2.75) is 59.0 Å². The van der Waals surface area contributed by atoms with Crippen LogP contribution in [-0.2, 0) is 6.54 Å². The summed E-state index contributed by atoms with van der Waals surface area (Å²) in [5.74, 6) is 1.87. The summed E-state index contributed by atoms with van der Waals surface area (Å²) in [6.45, 7) is 11.8. The van der Waals surface area contributed by atoms with E-state index in [9.17, 15) is 0 Å². The van der Waals surface area contributed by atoms with Gasteiger partial charge >= 0.3 is 0 Å². The zero-order valence-electron chi connectivity index (χ0n) is 13.7. The van der Waals surface area contributed by atoms with Crippen LogP contribution >= 0.6 is 11.6 Å². The minimum atomic E-state index is 0.0885. The molecule has 1 saturated heterocycles. The standard InChI is InChI=1S/C17H28ClN3/c1-5-13-7-6-8-21(12-13)16-9-14(15(18)11-19-16)10-20-17(2,3)4/h9,11,13,20H,5-8,10,12H2,1-4H3. The largest absolute Gasteiger partial charge is 0.356 e. The van der Waals surface area contributed by atoms with Gasteiger partial charge in [-0.3, -0.25) is 0 Å². The van der Waals surface area contributed by atoms with Gasteiger partial charge in [-0.25, -0.2) is 4.98 Å². The summed E-state index contributed by atoms with van der Waals surface area (Å²) in [4.78, 5) is 6.95. The van der Waals surface area contributed by atoms with Crippen molar-refractivity contribution >= 4 is 17.4 Å². The third kappa shape index (κ3) is 4.86. The molecule has 0 aromatic carbocycles. The van der Waals surface area contributed by atoms with E-state index >= 15 is 0 Å². The molecule has 1 aromatic heterocycles. The first-order chi connectivity index (χ1) is 9.89. The Morgan fingerprint density at radius 2 is 2.19 bits per heavy atom. The number of aromatic nitrogens is 1. The molecule has 0 bridgehead atoms. The lowest BCUT2D eigenvalue weighted by molar-refractivity contribution is 0.402. The van der Waals surface area contributed by atoms with E-state index in [1.54, 1.807) is 6.20 Å². The Morgan fingerprint density at radius 3 is 2.86 bits per heavy atom. The highest BCUT2D eigenvalue weighted by Gasteiger charge is 2.20. The summed E-state index contributed by atoms with van der Waals surface area (Å²) in [5.41, 5.74) is 1.22. The molecular weight excluding hydrogens is 282 g/mol. The minimum Gasteiger partial charge on any atom is -0.356 e. The highest BCUT2D eigenvalue weighted by Crippen LogP contribution is 2.26. The Balaban J connectivity index is 2.10. The summed E-state index contributed by atoms with van der Waals surface area (Å²) in [6, 6.07) is 2.15. The Labute approximate surface area is 134 Å². The monoisotopic (exact) mass is 309 g/mol. The number of nitrogens with one attached hydrogen (secondary N) is 1. The van der Waals surface area contributed by atoms with Crippen molar-refractivity contribution in [3.8, 4) is 0 Å². The van der Waals surface area contributed by atoms with E-state index < -0.39 is 0 Å². The third-order valence-corrected chi connectivity index (χ3v) is 4.49. The van der Waals surface area contributed by atoms with Crippen LogP contribution in [0, 0.1) is 5.92 Å². The number of hydrogen-bond acceptors (Lipinski definition) is 3. The molecule has 1 N–H and O–H groups in total. The van der Waals surface area contributed by atoms with Crippen molar-refractivity contribution < 1.29 is 0 Å². The normalized spacial score (nSPS) is 19.9. The van der Waals surface area contributed by atoms with Crippen molar-refractivity contribution in [2.75, 3.05) is 18.0 Å². The maximum absolute atomic E-state index is 6.30. The van der Waals surface area contributed by atoms with Crippen LogP contribution in [0.3, 0.4) is 0 Å². The number of piperidine rings is 1. The smallest absolute Gasteiger partial charge is 0.128 e. The summed E-state index contributed by atoms with van der Waals surface area (Å²) >= 11 is 6.30. The average molecular weight is 310 g/mol. The van der Waals surface area contributed by atoms with Gasteiger partial charge < -0.3 is 10.2 Å². The number of rotatable bonds is 4. The Hall–Kier alpha value is -0.800. The van der Waals surface area contributed by atoms with Crippen molar-refractivity contribution in [1.29, 1.82) is 0 Å². The van der Waals surface area contributed by atoms with Gasteiger partial charge in [-0.05, 0) is 51.2 Å². The van der Waals surface area contributed by atoms with Crippen LogP contribution in [0.5, 0.6) is 0 Å². The lowest BCUT2D eigenvalue weighted by atomic mass is 9.95. The van der Waals surface area contributed by atoms with E-state index in [2.05, 4.69) is 49.0 Å². The van der Waals surface area contributed by atoms with Gasteiger partial charge in [0.2, 0.25) is 0 Å². The molecule has 2 rings (SSSR count). The molecule has 0 saturated carbocycles. The van der Waals surface area contributed by atoms with Gasteiger partial charge in [0, 0.05) is 31.4 Å². The topological polar surface area (TPSA) is 28.2 Å². The predicted octanol–water partition coefficient (Wildman–Crippen LogP) is 4.25. The lowest BCUT2D eigenvalue weighted by Gasteiger charge is -2.33. The molecule has 1 fully saturated rings. The van der Waals surface area contributed by atoms with Crippen LogP contribution in [0.4, 0.5) is 5.82 Å². The number of nitrogens with zero attached hydrogens (tertiary/aromatic N) is 2. The van der Waals surface area contributed by atoms with Gasteiger partial charge in [0.1, 0.15) is 5.82 Å². The Morgan fingerprint density at radius 1 is 1.43 bits per heavy atom. The second-order valence-electron chi connectivity index (χ2n) is 7.10. The van der Waals surface area contributed by atoms with Crippen LogP contribution in [-0.4, -0.2) is 23.6 Å². The van der Waals surface area contributed by atoms with Gasteiger partial charge in [-0.1, -0.05) is 24.9 Å². The molecule has 21 heavy (non-hydrogen) atoms. The van der Waals surface area contributed by atoms with E-state index in [0.717, 1.165) is 42.0 Å². The summed E-state index contributed by atoms with van der Waals surface area (Å²) in [7, 11) is 0. The predicted molar refractivity (Wildman–Crippen MR) is 91.1 cm³/mol. The molecule has 1 aromatic rings. The number of pyridine rings is 1. The molecule has 0 spiro atoms. The molecule has 1 unspecified atom stereocenters. The molecule has 1 atom stereocenters. The molecule has 2 heterocycles. The summed E-state index contributed by atoms with van der Waals surface area (Å²) in [6.07, 6.45) is 5.66. The SMILES string of the molecule is CCC1CCCN(c2cc(CNC(C)(C)C)c(Cl)cn2)C1. The molecule has 1 aliphatic heterocycles. The van der Waals surface area contributed by atoms with Crippen molar-refractivity contribution in [3.63, 3.8) is 0 Å². The lowest BCUT2D eigenvalue weighted by Crippen LogP contribution is -2.36. The zero-order valence-corrected chi connectivity index (χ0v) is 14.5. The van der Waals surface area contributed by atoms with Crippen LogP contribution in [0.2, 0.25) is 5.02 Å². The first kappa shape index (κ1) is 16.6. The van der Waals surface area contributed by atoms with Gasteiger partial charge in [-0.15, -0.1) is 0 Å². The fourth-order valence-electron chi connectivity index (χ4n) is 2.74. The van der Waals surface area contributed by atoms with E-state index in [-0.39, 0.29) is 5.54 Å². The molecule has 1 aliphatic rings. The summed E-state index contributed by atoms with van der Waals surface area (Å²) in [5, 5.41) is 4.25. The first-order valence-electron chi connectivity index (χ1n) is 8.03. The highest BCUT2D eigenvalue weighted by molar-refractivity contribution is 6.31. The Kier molecular flexibility index (Phi) is 5.50. The van der Waals surface area contributed by atoms with Crippen molar-refractivity contribution in [3.05, 3.63) is 22.8 Å². The molecule has 0 radical (unpaired) electrons. The van der Waals surface area contributed by atoms with Crippen molar-refractivity contribution in [2.24, 2.45) is 5.92 Å².